The molecular weight excluding hydrogens is 90.0 g/mol. The molecule has 37 valence electrons. The van der Waals surface area contributed by atoms with Crippen LogP contribution in [0.25, 0.3) is 0 Å². The number of rotatable bonds is 1. The minimum atomic E-state index is -2.56. The molecule has 0 amide bonds. The molecule has 0 rings (SSSR count). The summed E-state index contributed by atoms with van der Waals surface area (Å²) in [6.45, 7) is 0.887. The van der Waals surface area contributed by atoms with Gasteiger partial charge in [-0.3, -0.25) is 0 Å². The molecule has 0 bridgehead atoms. The first kappa shape index (κ1) is 5.82. The fraction of sp³-hybridized carbons (Fsp3) is 1.00. The molecule has 0 aromatic rings. The zero-order valence-corrected chi connectivity index (χ0v) is 3.32. The van der Waals surface area contributed by atoms with E-state index >= 15 is 0 Å². The van der Waals surface area contributed by atoms with Crippen molar-refractivity contribution in [2.24, 2.45) is 0 Å². The number of alkyl halides is 2. The van der Waals surface area contributed by atoms with E-state index in [1.54, 1.807) is 0 Å². The fourth-order valence-electron chi connectivity index (χ4n) is 0. The summed E-state index contributed by atoms with van der Waals surface area (Å²) in [5.41, 5.74) is 0. The van der Waals surface area contributed by atoms with E-state index in [9.17, 15) is 13.9 Å². The van der Waals surface area contributed by atoms with Gasteiger partial charge in [-0.05, 0) is 6.92 Å². The molecule has 0 saturated heterocycles. The number of hydrogen-bond donors (Lipinski definition) is 0. The van der Waals surface area contributed by atoms with Crippen LogP contribution in [-0.2, 0) is 5.11 Å². The quantitative estimate of drug-likeness (QED) is 0.464. The first-order chi connectivity index (χ1) is 2.64. The van der Waals surface area contributed by atoms with Gasteiger partial charge in [-0.2, -0.15) is 5.11 Å². The van der Waals surface area contributed by atoms with Crippen LogP contribution < -0.4 is 0 Å². The van der Waals surface area contributed by atoms with Crippen LogP contribution in [0.4, 0.5) is 8.78 Å². The van der Waals surface area contributed by atoms with Gasteiger partial charge >= 0.3 is 0 Å². The van der Waals surface area contributed by atoms with E-state index in [1.807, 2.05) is 0 Å². The molecule has 0 N–H and O–H groups in total. The maximum absolute atomic E-state index is 11.1. The number of halogens is 2. The van der Waals surface area contributed by atoms with Crippen molar-refractivity contribution >= 4 is 0 Å². The Hall–Kier alpha value is -0.180. The predicted molar refractivity (Wildman–Crippen MR) is 16.2 cm³/mol. The Morgan fingerprint density at radius 2 is 1.67 bits per heavy atom. The normalized spacial score (nSPS) is 20.0. The second kappa shape index (κ2) is 2.08. The van der Waals surface area contributed by atoms with Crippen LogP contribution in [0.15, 0.2) is 0 Å². The van der Waals surface area contributed by atoms with Gasteiger partial charge in [0.2, 0.25) is 0 Å². The van der Waals surface area contributed by atoms with E-state index in [1.165, 1.54) is 0 Å². The third kappa shape index (κ3) is 2.08. The zero-order valence-electron chi connectivity index (χ0n) is 3.32. The van der Waals surface area contributed by atoms with Gasteiger partial charge in [-0.1, -0.05) is 0 Å². The lowest BCUT2D eigenvalue weighted by atomic mass is 10.5. The van der Waals surface area contributed by atoms with E-state index in [4.69, 9.17) is 0 Å². The Labute approximate surface area is 34.6 Å². The van der Waals surface area contributed by atoms with Crippen LogP contribution in [0, 0.1) is 0 Å². The lowest BCUT2D eigenvalue weighted by molar-refractivity contribution is -0.0714. The van der Waals surface area contributed by atoms with Gasteiger partial charge in [-0.15, -0.1) is 0 Å². The van der Waals surface area contributed by atoms with E-state index < -0.39 is 12.5 Å². The van der Waals surface area contributed by atoms with Crippen molar-refractivity contribution in [2.45, 2.75) is 19.5 Å². The van der Waals surface area contributed by atoms with Crippen molar-refractivity contribution in [3.63, 3.8) is 0 Å². The maximum Gasteiger partial charge on any atom is 0.262 e. The lowest BCUT2D eigenvalue weighted by Crippen LogP contribution is -2.08. The highest BCUT2D eigenvalue weighted by molar-refractivity contribution is 4.43. The van der Waals surface area contributed by atoms with Crippen molar-refractivity contribution in [2.75, 3.05) is 0 Å². The van der Waals surface area contributed by atoms with E-state index in [-0.39, 0.29) is 0 Å². The summed E-state index contributed by atoms with van der Waals surface area (Å²) < 4.78 is 22.0. The summed E-state index contributed by atoms with van der Waals surface area (Å²) in [5, 5.41) is 9.19. The molecule has 0 heterocycles. The van der Waals surface area contributed by atoms with Crippen molar-refractivity contribution in [1.29, 1.82) is 0 Å². The molecule has 6 heavy (non-hydrogen) atoms. The first-order valence-corrected chi connectivity index (χ1v) is 1.58. The minimum Gasteiger partial charge on any atom is -0.242 e. The molecule has 0 aliphatic heterocycles. The molecule has 0 aliphatic carbocycles. The largest absolute Gasteiger partial charge is 0.262 e. The summed E-state index contributed by atoms with van der Waals surface area (Å²) in [7, 11) is 0. The van der Waals surface area contributed by atoms with Crippen molar-refractivity contribution in [1.82, 2.24) is 0 Å². The maximum atomic E-state index is 11.1. The zero-order chi connectivity index (χ0) is 5.15. The Morgan fingerprint density at radius 1 is 1.50 bits per heavy atom. The average molecular weight is 95.1 g/mol. The van der Waals surface area contributed by atoms with Crippen LogP contribution in [0.1, 0.15) is 6.92 Å². The summed E-state index contributed by atoms with van der Waals surface area (Å²) in [6.07, 6.45) is -4.44. The fourth-order valence-corrected chi connectivity index (χ4v) is 0. The molecule has 0 saturated carbocycles. The number of hydrogen-bond acceptors (Lipinski definition) is 0. The van der Waals surface area contributed by atoms with Gasteiger partial charge in [0.05, 0.1) is 0 Å². The van der Waals surface area contributed by atoms with Gasteiger partial charge in [-0.25, -0.2) is 8.78 Å². The molecule has 0 spiro atoms. The molecule has 1 nitrogen and oxygen atoms in total. The van der Waals surface area contributed by atoms with Crippen LogP contribution in [0.2, 0.25) is 0 Å². The van der Waals surface area contributed by atoms with Gasteiger partial charge in [0.15, 0.2) is 6.17 Å². The summed E-state index contributed by atoms with van der Waals surface area (Å²) in [5.74, 6) is 0. The Kier molecular flexibility index (Phi) is 2.01. The second-order valence-corrected chi connectivity index (χ2v) is 1.03. The van der Waals surface area contributed by atoms with Crippen molar-refractivity contribution in [3.8, 4) is 0 Å². The van der Waals surface area contributed by atoms with Gasteiger partial charge in [0.1, 0.15) is 0 Å². The molecule has 2 unspecified atom stereocenters. The summed E-state index contributed by atoms with van der Waals surface area (Å²) in [4.78, 5) is 0. The molecule has 2 atom stereocenters. The lowest BCUT2D eigenvalue weighted by Gasteiger charge is -1.93. The SMILES string of the molecule is CC(F)C([O])F. The molecule has 0 aromatic heterocycles. The topological polar surface area (TPSA) is 19.9 Å². The van der Waals surface area contributed by atoms with E-state index in [0.717, 1.165) is 6.92 Å². The average Bonchev–Trinajstić information content (AvgIpc) is 1.36. The molecule has 0 aromatic carbocycles. The van der Waals surface area contributed by atoms with Gasteiger partial charge < -0.3 is 0 Å². The van der Waals surface area contributed by atoms with E-state index in [2.05, 4.69) is 0 Å². The van der Waals surface area contributed by atoms with Crippen LogP contribution in [-0.4, -0.2) is 12.5 Å². The second-order valence-electron chi connectivity index (χ2n) is 1.03. The highest BCUT2D eigenvalue weighted by atomic mass is 19.2. The molecule has 3 heteroatoms. The monoisotopic (exact) mass is 95.0 g/mol. The van der Waals surface area contributed by atoms with Crippen LogP contribution in [0.5, 0.6) is 0 Å². The van der Waals surface area contributed by atoms with Crippen molar-refractivity contribution < 1.29 is 13.9 Å². The Morgan fingerprint density at radius 3 is 1.67 bits per heavy atom. The van der Waals surface area contributed by atoms with Gasteiger partial charge in [0.25, 0.3) is 6.36 Å². The molecular formula is C3H5F2O. The van der Waals surface area contributed by atoms with Crippen molar-refractivity contribution in [3.05, 3.63) is 0 Å². The van der Waals surface area contributed by atoms with Crippen LogP contribution >= 0.6 is 0 Å². The highest BCUT2D eigenvalue weighted by Crippen LogP contribution is 1.96. The standard InChI is InChI=1S/C3H5F2O/c1-2(4)3(5)6/h2-3H,1H3. The molecule has 1 radical (unpaired) electrons. The third-order valence-electron chi connectivity index (χ3n) is 0.361. The van der Waals surface area contributed by atoms with Gasteiger partial charge in [0, 0.05) is 0 Å². The predicted octanol–water partition coefficient (Wildman–Crippen LogP) is 1.07. The van der Waals surface area contributed by atoms with Crippen LogP contribution in [0.3, 0.4) is 0 Å². The Bertz CT molecular complexity index is 29.8. The summed E-state index contributed by atoms with van der Waals surface area (Å²) >= 11 is 0. The molecule has 0 aliphatic rings. The first-order valence-electron chi connectivity index (χ1n) is 1.58. The summed E-state index contributed by atoms with van der Waals surface area (Å²) in [6, 6.07) is 0. The Balaban J connectivity index is 2.99. The third-order valence-corrected chi connectivity index (χ3v) is 0.361. The molecule has 0 fully saturated rings. The minimum absolute atomic E-state index is 0.887. The van der Waals surface area contributed by atoms with E-state index in [0.29, 0.717) is 0 Å². The highest BCUT2D eigenvalue weighted by Gasteiger charge is 2.10. The smallest absolute Gasteiger partial charge is 0.242 e.